The van der Waals surface area contributed by atoms with E-state index in [1.807, 2.05) is 123 Å². The van der Waals surface area contributed by atoms with Gasteiger partial charge in [-0.05, 0) is 66.9 Å². The van der Waals surface area contributed by atoms with E-state index in [9.17, 15) is 4.79 Å². The molecule has 5 rings (SSSR count). The molecule has 0 unspecified atom stereocenters. The quantitative estimate of drug-likeness (QED) is 0.189. The Hall–Kier alpha value is -4.97. The summed E-state index contributed by atoms with van der Waals surface area (Å²) in [6, 6.07) is 35.5. The number of anilines is 1. The fourth-order valence-electron chi connectivity index (χ4n) is 4.37. The highest BCUT2D eigenvalue weighted by molar-refractivity contribution is 5.92. The van der Waals surface area contributed by atoms with Crippen LogP contribution in [0.5, 0.6) is 11.5 Å². The third-order valence-corrected chi connectivity index (χ3v) is 6.38. The van der Waals surface area contributed by atoms with Gasteiger partial charge in [0, 0.05) is 12.0 Å². The summed E-state index contributed by atoms with van der Waals surface area (Å²) in [4.78, 5) is 22.5. The monoisotopic (exact) mass is 543 g/mol. The third-order valence-electron chi connectivity index (χ3n) is 6.38. The van der Waals surface area contributed by atoms with Crippen molar-refractivity contribution in [3.63, 3.8) is 0 Å². The van der Waals surface area contributed by atoms with Gasteiger partial charge in [-0.1, -0.05) is 72.8 Å². The number of nitrogens with one attached hydrogen (secondary N) is 1. The summed E-state index contributed by atoms with van der Waals surface area (Å²) in [6.07, 6.45) is 2.55. The summed E-state index contributed by atoms with van der Waals surface area (Å²) in [5, 5.41) is 2.98. The lowest BCUT2D eigenvalue weighted by Crippen LogP contribution is -2.17. The summed E-state index contributed by atoms with van der Waals surface area (Å²) in [7, 11) is 0. The molecule has 6 nitrogen and oxygen atoms in total. The molecule has 1 N–H and O–H groups in total. The molecule has 0 atom stereocenters. The summed E-state index contributed by atoms with van der Waals surface area (Å²) in [5.74, 6) is 1.87. The van der Waals surface area contributed by atoms with Crippen LogP contribution in [0.4, 0.5) is 5.82 Å². The van der Waals surface area contributed by atoms with Gasteiger partial charge < -0.3 is 14.8 Å². The lowest BCUT2D eigenvalue weighted by molar-refractivity contribution is -0.115. The second-order valence-corrected chi connectivity index (χ2v) is 10.0. The van der Waals surface area contributed by atoms with Crippen molar-refractivity contribution in [1.29, 1.82) is 0 Å². The first-order chi connectivity index (χ1) is 20.0. The average molecular weight is 544 g/mol. The van der Waals surface area contributed by atoms with Gasteiger partial charge in [-0.2, -0.15) is 0 Å². The van der Waals surface area contributed by atoms with Crippen LogP contribution >= 0.6 is 0 Å². The smallest absolute Gasteiger partial charge is 0.229 e. The predicted octanol–water partition coefficient (Wildman–Crippen LogP) is 7.28. The molecule has 0 aliphatic carbocycles. The van der Waals surface area contributed by atoms with E-state index >= 15 is 0 Å². The summed E-state index contributed by atoms with van der Waals surface area (Å²) in [6.45, 7) is 4.47. The average Bonchev–Trinajstić information content (AvgIpc) is 2.99. The Balaban J connectivity index is 1.31. The van der Waals surface area contributed by atoms with Crippen molar-refractivity contribution in [3.8, 4) is 22.8 Å². The van der Waals surface area contributed by atoms with E-state index in [0.29, 0.717) is 24.5 Å². The molecule has 0 radical (unpaired) electrons. The van der Waals surface area contributed by atoms with Gasteiger partial charge >= 0.3 is 0 Å². The predicted molar refractivity (Wildman–Crippen MR) is 162 cm³/mol. The molecule has 0 aliphatic heterocycles. The first-order valence-electron chi connectivity index (χ1n) is 13.7. The van der Waals surface area contributed by atoms with Crippen LogP contribution in [-0.2, 0) is 24.2 Å². The molecule has 41 heavy (non-hydrogen) atoms. The number of benzene rings is 4. The van der Waals surface area contributed by atoms with Crippen molar-refractivity contribution in [2.75, 3.05) is 5.32 Å². The molecule has 6 heteroatoms. The number of hydrogen-bond acceptors (Lipinski definition) is 5. The van der Waals surface area contributed by atoms with Crippen molar-refractivity contribution in [1.82, 2.24) is 9.97 Å². The maximum atomic E-state index is 13.0. The minimum Gasteiger partial charge on any atom is -0.491 e. The van der Waals surface area contributed by atoms with Crippen LogP contribution < -0.4 is 14.8 Å². The van der Waals surface area contributed by atoms with Crippen LogP contribution in [0.2, 0.25) is 0 Å². The van der Waals surface area contributed by atoms with Crippen LogP contribution in [0.1, 0.15) is 36.2 Å². The molecule has 5 aromatic rings. The Morgan fingerprint density at radius 2 is 1.39 bits per heavy atom. The van der Waals surface area contributed by atoms with E-state index in [0.717, 1.165) is 39.4 Å². The second-order valence-electron chi connectivity index (χ2n) is 10.0. The molecule has 0 saturated heterocycles. The number of carbonyl (C=O) groups is 1. The fourth-order valence-corrected chi connectivity index (χ4v) is 4.37. The highest BCUT2D eigenvalue weighted by Gasteiger charge is 2.14. The van der Waals surface area contributed by atoms with Gasteiger partial charge in [0.05, 0.1) is 30.1 Å². The maximum absolute atomic E-state index is 13.0. The van der Waals surface area contributed by atoms with Gasteiger partial charge in [0.25, 0.3) is 0 Å². The third kappa shape index (κ3) is 8.02. The standard InChI is InChI=1S/C35H33N3O3/c1-25(2)41-31-17-13-27(14-18-31)22-34(39)38-35-32(21-26-9-5-3-6-10-26)37-33(23-36-35)29-15-19-30(20-16-29)40-24-28-11-7-4-8-12-28/h3-20,23,25H,21-22,24H2,1-2H3,(H,36,38,39). The van der Waals surface area contributed by atoms with Gasteiger partial charge in [-0.15, -0.1) is 0 Å². The minimum absolute atomic E-state index is 0.0969. The van der Waals surface area contributed by atoms with E-state index in [2.05, 4.69) is 10.3 Å². The Bertz CT molecular complexity index is 1550. The Morgan fingerprint density at radius 1 is 0.756 bits per heavy atom. The molecular formula is C35H33N3O3. The van der Waals surface area contributed by atoms with Crippen LogP contribution in [0.25, 0.3) is 11.3 Å². The molecule has 0 aliphatic rings. The lowest BCUT2D eigenvalue weighted by atomic mass is 10.1. The first kappa shape index (κ1) is 27.6. The number of nitrogens with zero attached hydrogens (tertiary/aromatic N) is 2. The van der Waals surface area contributed by atoms with E-state index in [1.165, 1.54) is 0 Å². The molecule has 1 heterocycles. The van der Waals surface area contributed by atoms with Gasteiger partial charge in [0.1, 0.15) is 18.1 Å². The Labute approximate surface area is 241 Å². The van der Waals surface area contributed by atoms with E-state index < -0.39 is 0 Å². The number of hydrogen-bond donors (Lipinski definition) is 1. The van der Waals surface area contributed by atoms with Crippen molar-refractivity contribution >= 4 is 11.7 Å². The van der Waals surface area contributed by atoms with Gasteiger partial charge in [-0.25, -0.2) is 9.97 Å². The van der Waals surface area contributed by atoms with Crippen molar-refractivity contribution in [2.24, 2.45) is 0 Å². The zero-order valence-corrected chi connectivity index (χ0v) is 23.3. The van der Waals surface area contributed by atoms with Gasteiger partial charge in [0.15, 0.2) is 5.82 Å². The number of amides is 1. The molecule has 4 aromatic carbocycles. The Morgan fingerprint density at radius 3 is 2.05 bits per heavy atom. The van der Waals surface area contributed by atoms with Crippen molar-refractivity contribution in [2.45, 2.75) is 39.4 Å². The van der Waals surface area contributed by atoms with Gasteiger partial charge in [-0.3, -0.25) is 4.79 Å². The number of aromatic nitrogens is 2. The number of ether oxygens (including phenoxy) is 2. The van der Waals surface area contributed by atoms with E-state index in [1.54, 1.807) is 6.20 Å². The fraction of sp³-hybridized carbons (Fsp3) is 0.171. The summed E-state index contributed by atoms with van der Waals surface area (Å²) >= 11 is 0. The van der Waals surface area contributed by atoms with E-state index in [4.69, 9.17) is 14.5 Å². The Kier molecular flexibility index (Phi) is 9.01. The number of carbonyl (C=O) groups excluding carboxylic acids is 1. The van der Waals surface area contributed by atoms with Crippen LogP contribution in [0.3, 0.4) is 0 Å². The molecule has 0 fully saturated rings. The zero-order valence-electron chi connectivity index (χ0n) is 23.3. The lowest BCUT2D eigenvalue weighted by Gasteiger charge is -2.13. The normalized spacial score (nSPS) is 10.8. The van der Waals surface area contributed by atoms with Crippen molar-refractivity contribution in [3.05, 3.63) is 138 Å². The molecular weight excluding hydrogens is 510 g/mol. The summed E-state index contributed by atoms with van der Waals surface area (Å²) in [5.41, 5.74) is 5.43. The van der Waals surface area contributed by atoms with Gasteiger partial charge in [0.2, 0.25) is 5.91 Å². The second kappa shape index (κ2) is 13.4. The van der Waals surface area contributed by atoms with Crippen LogP contribution in [0, 0.1) is 0 Å². The minimum atomic E-state index is -0.154. The maximum Gasteiger partial charge on any atom is 0.229 e. The zero-order chi connectivity index (χ0) is 28.4. The topological polar surface area (TPSA) is 73.3 Å². The molecule has 1 amide bonds. The number of rotatable bonds is 11. The molecule has 0 saturated carbocycles. The molecule has 0 bridgehead atoms. The van der Waals surface area contributed by atoms with E-state index in [-0.39, 0.29) is 18.4 Å². The highest BCUT2D eigenvalue weighted by Crippen LogP contribution is 2.25. The summed E-state index contributed by atoms with van der Waals surface area (Å²) < 4.78 is 11.6. The first-order valence-corrected chi connectivity index (χ1v) is 13.7. The molecule has 1 aromatic heterocycles. The van der Waals surface area contributed by atoms with Crippen LogP contribution in [0.15, 0.2) is 115 Å². The SMILES string of the molecule is CC(C)Oc1ccc(CC(=O)Nc2ncc(-c3ccc(OCc4ccccc4)cc3)nc2Cc2ccccc2)cc1. The molecule has 206 valence electrons. The largest absolute Gasteiger partial charge is 0.491 e. The van der Waals surface area contributed by atoms with Crippen molar-refractivity contribution < 1.29 is 14.3 Å². The highest BCUT2D eigenvalue weighted by atomic mass is 16.5. The van der Waals surface area contributed by atoms with Crippen LogP contribution in [-0.4, -0.2) is 22.0 Å². The molecule has 0 spiro atoms.